The first kappa shape index (κ1) is 13.9. The third-order valence-electron chi connectivity index (χ3n) is 3.00. The van der Waals surface area contributed by atoms with E-state index in [1.54, 1.807) is 7.05 Å². The summed E-state index contributed by atoms with van der Waals surface area (Å²) >= 11 is 0. The Hall–Kier alpha value is -2.56. The van der Waals surface area contributed by atoms with Crippen molar-refractivity contribution in [3.8, 4) is 0 Å². The Morgan fingerprint density at radius 2 is 1.90 bits per heavy atom. The van der Waals surface area contributed by atoms with Crippen LogP contribution in [0.15, 0.2) is 42.5 Å². The van der Waals surface area contributed by atoms with Gasteiger partial charge >= 0.3 is 0 Å². The molecule has 0 atom stereocenters. The van der Waals surface area contributed by atoms with E-state index < -0.39 is 4.92 Å². The zero-order valence-corrected chi connectivity index (χ0v) is 11.5. The molecule has 5 nitrogen and oxygen atoms in total. The molecule has 0 aliphatic rings. The van der Waals surface area contributed by atoms with Crippen LogP contribution in [0, 0.1) is 17.0 Å². The van der Waals surface area contributed by atoms with Gasteiger partial charge < -0.3 is 10.6 Å². The number of benzene rings is 2. The topological polar surface area (TPSA) is 67.2 Å². The maximum absolute atomic E-state index is 10.9. The van der Waals surface area contributed by atoms with E-state index in [4.69, 9.17) is 0 Å². The van der Waals surface area contributed by atoms with Crippen LogP contribution in [0.3, 0.4) is 0 Å². The van der Waals surface area contributed by atoms with Crippen molar-refractivity contribution in [1.82, 2.24) is 0 Å². The lowest BCUT2D eigenvalue weighted by molar-refractivity contribution is -0.384. The smallest absolute Gasteiger partial charge is 0.273 e. The van der Waals surface area contributed by atoms with Crippen LogP contribution < -0.4 is 10.6 Å². The fourth-order valence-electron chi connectivity index (χ4n) is 1.99. The molecule has 0 bridgehead atoms. The van der Waals surface area contributed by atoms with Gasteiger partial charge in [-0.15, -0.1) is 0 Å². The molecule has 5 heteroatoms. The van der Waals surface area contributed by atoms with Crippen LogP contribution >= 0.6 is 0 Å². The molecule has 2 aromatic rings. The van der Waals surface area contributed by atoms with Gasteiger partial charge in [0.1, 0.15) is 0 Å². The maximum atomic E-state index is 10.9. The predicted octanol–water partition coefficient (Wildman–Crippen LogP) is 3.56. The van der Waals surface area contributed by atoms with Gasteiger partial charge in [-0.3, -0.25) is 10.1 Å². The van der Waals surface area contributed by atoms with E-state index in [9.17, 15) is 10.1 Å². The maximum Gasteiger partial charge on any atom is 0.273 e. The average Bonchev–Trinajstić information content (AvgIpc) is 2.45. The molecule has 0 spiro atoms. The third-order valence-corrected chi connectivity index (χ3v) is 3.00. The Morgan fingerprint density at radius 3 is 2.55 bits per heavy atom. The van der Waals surface area contributed by atoms with Crippen molar-refractivity contribution >= 4 is 17.1 Å². The van der Waals surface area contributed by atoms with Crippen LogP contribution in [0.4, 0.5) is 17.1 Å². The quantitative estimate of drug-likeness (QED) is 0.644. The summed E-state index contributed by atoms with van der Waals surface area (Å²) in [4.78, 5) is 10.5. The van der Waals surface area contributed by atoms with Crippen molar-refractivity contribution in [1.29, 1.82) is 0 Å². The van der Waals surface area contributed by atoms with Crippen LogP contribution in [0.5, 0.6) is 0 Å². The predicted molar refractivity (Wildman–Crippen MR) is 81.1 cm³/mol. The molecule has 0 amide bonds. The summed E-state index contributed by atoms with van der Waals surface area (Å²) < 4.78 is 0. The Balaban J connectivity index is 2.16. The number of rotatable bonds is 5. The molecule has 0 unspecified atom stereocenters. The summed E-state index contributed by atoms with van der Waals surface area (Å²) in [5.74, 6) is 0. The second kappa shape index (κ2) is 6.06. The lowest BCUT2D eigenvalue weighted by atomic mass is 10.1. The van der Waals surface area contributed by atoms with Crippen molar-refractivity contribution in [2.75, 3.05) is 17.7 Å². The summed E-state index contributed by atoms with van der Waals surface area (Å²) in [5.41, 5.74) is 3.85. The highest BCUT2D eigenvalue weighted by atomic mass is 16.6. The normalized spacial score (nSPS) is 10.1. The Kier molecular flexibility index (Phi) is 4.20. The molecule has 0 heterocycles. The molecule has 2 rings (SSSR count). The Labute approximate surface area is 117 Å². The largest absolute Gasteiger partial charge is 0.388 e. The molecular formula is C15H17N3O2. The van der Waals surface area contributed by atoms with E-state index in [-0.39, 0.29) is 5.69 Å². The number of non-ortho nitro benzene ring substituents is 1. The van der Waals surface area contributed by atoms with E-state index in [0.717, 1.165) is 11.3 Å². The number of nitro benzene ring substituents is 1. The van der Waals surface area contributed by atoms with Gasteiger partial charge in [-0.25, -0.2) is 0 Å². The van der Waals surface area contributed by atoms with Crippen LogP contribution in [0.1, 0.15) is 11.1 Å². The van der Waals surface area contributed by atoms with E-state index in [2.05, 4.69) is 16.7 Å². The van der Waals surface area contributed by atoms with Gasteiger partial charge in [0.2, 0.25) is 0 Å². The number of nitrogens with one attached hydrogen (secondary N) is 2. The van der Waals surface area contributed by atoms with Crippen molar-refractivity contribution in [2.45, 2.75) is 13.5 Å². The average molecular weight is 271 g/mol. The van der Waals surface area contributed by atoms with E-state index in [1.165, 1.54) is 17.7 Å². The zero-order chi connectivity index (χ0) is 14.5. The van der Waals surface area contributed by atoms with Crippen LogP contribution in [0.2, 0.25) is 0 Å². The SMILES string of the molecule is CNc1cc(NCc2cccc(C)c2)cc([N+](=O)[O-])c1. The molecule has 0 saturated carbocycles. The van der Waals surface area contributed by atoms with Crippen molar-refractivity contribution < 1.29 is 4.92 Å². The third kappa shape index (κ3) is 3.47. The molecule has 0 aliphatic heterocycles. The van der Waals surface area contributed by atoms with E-state index >= 15 is 0 Å². The first-order chi connectivity index (χ1) is 9.58. The number of anilines is 2. The minimum Gasteiger partial charge on any atom is -0.388 e. The minimum absolute atomic E-state index is 0.0728. The van der Waals surface area contributed by atoms with Gasteiger partial charge in [0.15, 0.2) is 0 Å². The molecule has 0 saturated heterocycles. The summed E-state index contributed by atoms with van der Waals surface area (Å²) in [6, 6.07) is 13.0. The zero-order valence-electron chi connectivity index (χ0n) is 11.5. The van der Waals surface area contributed by atoms with Gasteiger partial charge in [0.25, 0.3) is 5.69 Å². The fourth-order valence-corrected chi connectivity index (χ4v) is 1.99. The van der Waals surface area contributed by atoms with Crippen molar-refractivity contribution in [2.24, 2.45) is 0 Å². The Bertz CT molecular complexity index is 626. The van der Waals surface area contributed by atoms with Gasteiger partial charge in [-0.05, 0) is 18.6 Å². The molecular weight excluding hydrogens is 254 g/mol. The monoisotopic (exact) mass is 271 g/mol. The van der Waals surface area contributed by atoms with Crippen LogP contribution in [-0.4, -0.2) is 12.0 Å². The molecule has 0 aliphatic carbocycles. The number of nitrogens with zero attached hydrogens (tertiary/aromatic N) is 1. The summed E-state index contributed by atoms with van der Waals surface area (Å²) in [7, 11) is 1.74. The number of hydrogen-bond donors (Lipinski definition) is 2. The van der Waals surface area contributed by atoms with E-state index in [1.807, 2.05) is 31.2 Å². The van der Waals surface area contributed by atoms with Crippen molar-refractivity contribution in [3.05, 3.63) is 63.7 Å². The standard InChI is InChI=1S/C15H17N3O2/c1-11-4-3-5-12(6-11)10-17-14-7-13(16-2)8-15(9-14)18(19)20/h3-9,16-17H,10H2,1-2H3. The molecule has 2 aromatic carbocycles. The summed E-state index contributed by atoms with van der Waals surface area (Å²) in [6.45, 7) is 2.67. The van der Waals surface area contributed by atoms with Gasteiger partial charge in [0, 0.05) is 37.1 Å². The van der Waals surface area contributed by atoms with Crippen LogP contribution in [0.25, 0.3) is 0 Å². The molecule has 104 valence electrons. The van der Waals surface area contributed by atoms with Gasteiger partial charge in [0.05, 0.1) is 4.92 Å². The molecule has 0 radical (unpaired) electrons. The Morgan fingerprint density at radius 1 is 1.15 bits per heavy atom. The number of hydrogen-bond acceptors (Lipinski definition) is 4. The molecule has 0 aromatic heterocycles. The van der Waals surface area contributed by atoms with Gasteiger partial charge in [-0.1, -0.05) is 29.8 Å². The lowest BCUT2D eigenvalue weighted by Gasteiger charge is -2.09. The summed E-state index contributed by atoms with van der Waals surface area (Å²) in [6.07, 6.45) is 0. The first-order valence-electron chi connectivity index (χ1n) is 6.35. The lowest BCUT2D eigenvalue weighted by Crippen LogP contribution is -2.01. The highest BCUT2D eigenvalue weighted by Gasteiger charge is 2.09. The van der Waals surface area contributed by atoms with Gasteiger partial charge in [-0.2, -0.15) is 0 Å². The van der Waals surface area contributed by atoms with Crippen LogP contribution in [-0.2, 0) is 6.54 Å². The highest BCUT2D eigenvalue weighted by molar-refractivity contribution is 5.63. The second-order valence-corrected chi connectivity index (χ2v) is 4.62. The minimum atomic E-state index is -0.390. The number of aryl methyl sites for hydroxylation is 1. The number of nitro groups is 1. The highest BCUT2D eigenvalue weighted by Crippen LogP contribution is 2.24. The van der Waals surface area contributed by atoms with Crippen molar-refractivity contribution in [3.63, 3.8) is 0 Å². The second-order valence-electron chi connectivity index (χ2n) is 4.62. The fraction of sp³-hybridized carbons (Fsp3) is 0.200. The molecule has 2 N–H and O–H groups in total. The van der Waals surface area contributed by atoms with E-state index in [0.29, 0.717) is 12.2 Å². The first-order valence-corrected chi connectivity index (χ1v) is 6.35. The molecule has 0 fully saturated rings. The molecule has 20 heavy (non-hydrogen) atoms. The summed E-state index contributed by atoms with van der Waals surface area (Å²) in [5, 5.41) is 17.0.